The van der Waals surface area contributed by atoms with Crippen LogP contribution in [-0.4, -0.2) is 42.1 Å². The highest BCUT2D eigenvalue weighted by atomic mass is 16.6. The quantitative estimate of drug-likeness (QED) is 0.442. The number of carbonyl (C=O) groups is 2. The van der Waals surface area contributed by atoms with Crippen LogP contribution in [0.3, 0.4) is 0 Å². The Morgan fingerprint density at radius 2 is 1.70 bits per heavy atom. The van der Waals surface area contributed by atoms with Crippen LogP contribution in [0.5, 0.6) is 0 Å². The Morgan fingerprint density at radius 1 is 1.09 bits per heavy atom. The third-order valence-corrected chi connectivity index (χ3v) is 2.91. The van der Waals surface area contributed by atoms with E-state index >= 15 is 0 Å². The standard InChI is InChI=1S/C17H35N3O3/c1-16(2,3)20-13(15(22)23-17(4,5)6)9-7-8-12-19-14(21)10-11-18/h13,20H,7-12,18H2,1-6H3,(H,19,21)/t13-/m0/s1. The Morgan fingerprint density at radius 3 is 2.17 bits per heavy atom. The van der Waals surface area contributed by atoms with E-state index in [9.17, 15) is 9.59 Å². The van der Waals surface area contributed by atoms with Gasteiger partial charge in [0.15, 0.2) is 0 Å². The average molecular weight is 329 g/mol. The summed E-state index contributed by atoms with van der Waals surface area (Å²) in [6, 6.07) is -0.339. The minimum atomic E-state index is -0.495. The summed E-state index contributed by atoms with van der Waals surface area (Å²) in [5.41, 5.74) is 4.66. The van der Waals surface area contributed by atoms with Gasteiger partial charge in [0, 0.05) is 25.0 Å². The van der Waals surface area contributed by atoms with Crippen LogP contribution in [0.2, 0.25) is 0 Å². The molecule has 0 saturated carbocycles. The van der Waals surface area contributed by atoms with Crippen molar-refractivity contribution >= 4 is 11.9 Å². The highest BCUT2D eigenvalue weighted by molar-refractivity contribution is 5.76. The second-order valence-corrected chi connectivity index (χ2v) is 7.86. The lowest BCUT2D eigenvalue weighted by Crippen LogP contribution is -2.49. The van der Waals surface area contributed by atoms with E-state index in [1.54, 1.807) is 0 Å². The molecule has 0 radical (unpaired) electrons. The normalized spacial score (nSPS) is 13.5. The van der Waals surface area contributed by atoms with Gasteiger partial charge in [-0.2, -0.15) is 0 Å². The number of esters is 1. The van der Waals surface area contributed by atoms with Crippen molar-refractivity contribution in [1.29, 1.82) is 0 Å². The van der Waals surface area contributed by atoms with Gasteiger partial charge in [-0.05, 0) is 60.8 Å². The molecule has 0 spiro atoms. The molecule has 0 aliphatic heterocycles. The fraction of sp³-hybridized carbons (Fsp3) is 0.882. The lowest BCUT2D eigenvalue weighted by atomic mass is 10.0. The number of hydrogen-bond donors (Lipinski definition) is 3. The lowest BCUT2D eigenvalue weighted by Gasteiger charge is -2.30. The van der Waals surface area contributed by atoms with Crippen LogP contribution in [0.4, 0.5) is 0 Å². The Bertz CT molecular complexity index is 370. The molecule has 0 aromatic rings. The second kappa shape index (κ2) is 9.88. The van der Waals surface area contributed by atoms with Gasteiger partial charge in [-0.3, -0.25) is 14.9 Å². The summed E-state index contributed by atoms with van der Waals surface area (Å²) in [4.78, 5) is 23.6. The van der Waals surface area contributed by atoms with E-state index in [0.717, 1.165) is 12.8 Å². The Hall–Kier alpha value is -1.14. The predicted octanol–water partition coefficient (Wildman–Crippen LogP) is 1.72. The molecule has 0 bridgehead atoms. The van der Waals surface area contributed by atoms with Gasteiger partial charge in [0.05, 0.1) is 0 Å². The van der Waals surface area contributed by atoms with Gasteiger partial charge in [0.1, 0.15) is 11.6 Å². The molecule has 0 rings (SSSR count). The fourth-order valence-electron chi connectivity index (χ4n) is 2.07. The number of hydrogen-bond acceptors (Lipinski definition) is 5. The predicted molar refractivity (Wildman–Crippen MR) is 93.1 cm³/mol. The lowest BCUT2D eigenvalue weighted by molar-refractivity contribution is -0.158. The van der Waals surface area contributed by atoms with Gasteiger partial charge in [0.25, 0.3) is 0 Å². The number of unbranched alkanes of at least 4 members (excludes halogenated alkanes) is 1. The minimum Gasteiger partial charge on any atom is -0.459 e. The van der Waals surface area contributed by atoms with Gasteiger partial charge in [-0.25, -0.2) is 0 Å². The number of amides is 1. The van der Waals surface area contributed by atoms with Crippen LogP contribution in [0, 0.1) is 0 Å². The molecule has 136 valence electrons. The number of nitrogens with two attached hydrogens (primary N) is 1. The molecule has 0 aliphatic carbocycles. The molecule has 0 aromatic heterocycles. The largest absolute Gasteiger partial charge is 0.459 e. The van der Waals surface area contributed by atoms with Gasteiger partial charge < -0.3 is 15.8 Å². The van der Waals surface area contributed by atoms with Crippen molar-refractivity contribution in [2.24, 2.45) is 5.73 Å². The maximum atomic E-state index is 12.3. The molecule has 0 unspecified atom stereocenters. The third-order valence-electron chi connectivity index (χ3n) is 2.91. The monoisotopic (exact) mass is 329 g/mol. The number of carbonyl (C=O) groups excluding carboxylic acids is 2. The van der Waals surface area contributed by atoms with Crippen LogP contribution in [0.15, 0.2) is 0 Å². The summed E-state index contributed by atoms with van der Waals surface area (Å²) in [5, 5.41) is 6.14. The molecular weight excluding hydrogens is 294 g/mol. The van der Waals surface area contributed by atoms with Crippen molar-refractivity contribution in [2.45, 2.75) is 84.4 Å². The van der Waals surface area contributed by atoms with Crippen LogP contribution < -0.4 is 16.4 Å². The molecule has 0 heterocycles. The van der Waals surface area contributed by atoms with Crippen molar-refractivity contribution in [2.75, 3.05) is 13.1 Å². The SMILES string of the molecule is CC(C)(C)N[C@@H](CCCCNC(=O)CCN)C(=O)OC(C)(C)C. The first-order chi connectivity index (χ1) is 10.4. The minimum absolute atomic E-state index is 0.0241. The van der Waals surface area contributed by atoms with E-state index < -0.39 is 5.60 Å². The molecule has 4 N–H and O–H groups in total. The summed E-state index contributed by atoms with van der Waals surface area (Å²) in [6.07, 6.45) is 2.68. The van der Waals surface area contributed by atoms with Crippen molar-refractivity contribution in [3.63, 3.8) is 0 Å². The first kappa shape index (κ1) is 21.9. The van der Waals surface area contributed by atoms with Gasteiger partial charge in [0.2, 0.25) is 5.91 Å². The fourth-order valence-corrected chi connectivity index (χ4v) is 2.07. The Kier molecular flexibility index (Phi) is 9.39. The van der Waals surface area contributed by atoms with Crippen molar-refractivity contribution in [3.8, 4) is 0 Å². The molecule has 1 atom stereocenters. The third kappa shape index (κ3) is 13.0. The van der Waals surface area contributed by atoms with Crippen LogP contribution in [0.1, 0.15) is 67.2 Å². The molecule has 1 amide bonds. The average Bonchev–Trinajstić information content (AvgIpc) is 2.33. The first-order valence-corrected chi connectivity index (χ1v) is 8.42. The molecule has 0 aliphatic rings. The highest BCUT2D eigenvalue weighted by Crippen LogP contribution is 2.14. The number of ether oxygens (including phenoxy) is 1. The maximum absolute atomic E-state index is 12.3. The molecule has 6 heteroatoms. The van der Waals surface area contributed by atoms with Crippen molar-refractivity contribution in [3.05, 3.63) is 0 Å². The number of rotatable bonds is 9. The Labute approximate surface area is 140 Å². The van der Waals surface area contributed by atoms with Gasteiger partial charge >= 0.3 is 5.97 Å². The van der Waals surface area contributed by atoms with Gasteiger partial charge in [-0.1, -0.05) is 0 Å². The molecule has 0 saturated heterocycles. The molecular formula is C17H35N3O3. The summed E-state index contributed by atoms with van der Waals surface area (Å²) in [6.45, 7) is 12.6. The second-order valence-electron chi connectivity index (χ2n) is 7.86. The summed E-state index contributed by atoms with van der Waals surface area (Å²) in [5.74, 6) is -0.247. The topological polar surface area (TPSA) is 93.5 Å². The first-order valence-electron chi connectivity index (χ1n) is 8.42. The summed E-state index contributed by atoms with van der Waals surface area (Å²) >= 11 is 0. The zero-order valence-electron chi connectivity index (χ0n) is 15.6. The maximum Gasteiger partial charge on any atom is 0.323 e. The van der Waals surface area contributed by atoms with E-state index in [2.05, 4.69) is 10.6 Å². The van der Waals surface area contributed by atoms with Crippen LogP contribution in [0.25, 0.3) is 0 Å². The zero-order valence-corrected chi connectivity index (χ0v) is 15.6. The van der Waals surface area contributed by atoms with Crippen molar-refractivity contribution < 1.29 is 14.3 Å². The van der Waals surface area contributed by atoms with E-state index in [-0.39, 0.29) is 23.5 Å². The van der Waals surface area contributed by atoms with Crippen molar-refractivity contribution in [1.82, 2.24) is 10.6 Å². The highest BCUT2D eigenvalue weighted by Gasteiger charge is 2.27. The number of nitrogens with one attached hydrogen (secondary N) is 2. The van der Waals surface area contributed by atoms with E-state index in [4.69, 9.17) is 10.5 Å². The zero-order chi connectivity index (χ0) is 18.1. The summed E-state index contributed by atoms with van der Waals surface area (Å²) in [7, 11) is 0. The molecule has 6 nitrogen and oxygen atoms in total. The van der Waals surface area contributed by atoms with Crippen LogP contribution >= 0.6 is 0 Å². The molecule has 0 aromatic carbocycles. The smallest absolute Gasteiger partial charge is 0.323 e. The Balaban J connectivity index is 4.32. The molecule has 23 heavy (non-hydrogen) atoms. The summed E-state index contributed by atoms with van der Waals surface area (Å²) < 4.78 is 5.49. The van der Waals surface area contributed by atoms with E-state index in [0.29, 0.717) is 25.9 Å². The van der Waals surface area contributed by atoms with Gasteiger partial charge in [-0.15, -0.1) is 0 Å². The van der Waals surface area contributed by atoms with Crippen LogP contribution in [-0.2, 0) is 14.3 Å². The molecule has 0 fully saturated rings. The van der Waals surface area contributed by atoms with E-state index in [1.165, 1.54) is 0 Å². The van der Waals surface area contributed by atoms with E-state index in [1.807, 2.05) is 41.5 Å².